The number of phenolic OH excluding ortho intramolecular Hbond substituents is 1. The van der Waals surface area contributed by atoms with E-state index in [0.29, 0.717) is 12.3 Å². The lowest BCUT2D eigenvalue weighted by molar-refractivity contribution is 0.216. The summed E-state index contributed by atoms with van der Waals surface area (Å²) in [5.74, 6) is 1.54. The Labute approximate surface area is 115 Å². The zero-order chi connectivity index (χ0) is 13.7. The molecule has 1 aromatic carbocycles. The zero-order valence-electron chi connectivity index (χ0n) is 11.9. The van der Waals surface area contributed by atoms with E-state index in [-0.39, 0.29) is 5.75 Å². The number of hydrogen-bond donors (Lipinski definition) is 2. The molecule has 2 rings (SSSR count). The summed E-state index contributed by atoms with van der Waals surface area (Å²) in [5.41, 5.74) is 0.896. The second-order valence-electron chi connectivity index (χ2n) is 5.35. The number of rotatable bonds is 5. The van der Waals surface area contributed by atoms with Crippen molar-refractivity contribution in [3.63, 3.8) is 0 Å². The predicted octanol–water partition coefficient (Wildman–Crippen LogP) is 1.83. The Morgan fingerprint density at radius 1 is 1.37 bits per heavy atom. The fraction of sp³-hybridized carbons (Fsp3) is 0.600. The van der Waals surface area contributed by atoms with E-state index in [4.69, 9.17) is 4.74 Å². The summed E-state index contributed by atoms with van der Waals surface area (Å²) in [5, 5.41) is 13.4. The minimum absolute atomic E-state index is 0.251. The van der Waals surface area contributed by atoms with Gasteiger partial charge in [-0.2, -0.15) is 0 Å². The van der Waals surface area contributed by atoms with Crippen molar-refractivity contribution in [2.75, 3.05) is 33.8 Å². The highest BCUT2D eigenvalue weighted by atomic mass is 16.5. The van der Waals surface area contributed by atoms with Crippen molar-refractivity contribution in [2.45, 2.75) is 19.4 Å². The number of hydrogen-bond acceptors (Lipinski definition) is 4. The molecule has 4 nitrogen and oxygen atoms in total. The van der Waals surface area contributed by atoms with Crippen molar-refractivity contribution >= 4 is 0 Å². The minimum atomic E-state index is 0.251. The molecular formula is C15H24N2O2. The molecule has 1 aromatic rings. The summed E-state index contributed by atoms with van der Waals surface area (Å²) in [6.45, 7) is 4.09. The van der Waals surface area contributed by atoms with Gasteiger partial charge < -0.3 is 20.1 Å². The van der Waals surface area contributed by atoms with Crippen molar-refractivity contribution in [1.82, 2.24) is 10.2 Å². The molecule has 0 aliphatic carbocycles. The highest BCUT2D eigenvalue weighted by molar-refractivity contribution is 5.45. The molecule has 0 amide bonds. The van der Waals surface area contributed by atoms with Crippen LogP contribution in [0.2, 0.25) is 0 Å². The van der Waals surface area contributed by atoms with Crippen molar-refractivity contribution in [3.8, 4) is 11.5 Å². The van der Waals surface area contributed by atoms with E-state index >= 15 is 0 Å². The van der Waals surface area contributed by atoms with Crippen molar-refractivity contribution in [2.24, 2.45) is 5.92 Å². The molecule has 1 fully saturated rings. The van der Waals surface area contributed by atoms with Gasteiger partial charge >= 0.3 is 0 Å². The topological polar surface area (TPSA) is 44.7 Å². The fourth-order valence-corrected chi connectivity index (χ4v) is 2.55. The van der Waals surface area contributed by atoms with Gasteiger partial charge in [0, 0.05) is 12.1 Å². The maximum atomic E-state index is 9.99. The molecule has 0 spiro atoms. The van der Waals surface area contributed by atoms with E-state index in [1.165, 1.54) is 25.9 Å². The second-order valence-corrected chi connectivity index (χ2v) is 5.35. The number of piperidine rings is 1. The molecule has 1 aliphatic rings. The summed E-state index contributed by atoms with van der Waals surface area (Å²) in [4.78, 5) is 2.38. The SMILES string of the molecule is COc1cccc(CNCC2CCN(C)CC2)c1O. The van der Waals surface area contributed by atoms with Gasteiger partial charge in [-0.05, 0) is 51.5 Å². The minimum Gasteiger partial charge on any atom is -0.504 e. The van der Waals surface area contributed by atoms with Gasteiger partial charge in [0.25, 0.3) is 0 Å². The van der Waals surface area contributed by atoms with Gasteiger partial charge in [-0.1, -0.05) is 12.1 Å². The van der Waals surface area contributed by atoms with Crippen LogP contribution in [-0.2, 0) is 6.54 Å². The molecule has 2 N–H and O–H groups in total. The first-order valence-corrected chi connectivity index (χ1v) is 6.95. The van der Waals surface area contributed by atoms with Crippen LogP contribution in [0.3, 0.4) is 0 Å². The third-order valence-electron chi connectivity index (χ3n) is 3.89. The van der Waals surface area contributed by atoms with Crippen LogP contribution in [0.15, 0.2) is 18.2 Å². The van der Waals surface area contributed by atoms with Crippen LogP contribution < -0.4 is 10.1 Å². The van der Waals surface area contributed by atoms with Gasteiger partial charge in [0.15, 0.2) is 11.5 Å². The standard InChI is InChI=1S/C15H24N2O2/c1-17-8-6-12(7-9-17)10-16-11-13-4-3-5-14(19-2)15(13)18/h3-5,12,16,18H,6-11H2,1-2H3. The maximum absolute atomic E-state index is 9.99. The fourth-order valence-electron chi connectivity index (χ4n) is 2.55. The van der Waals surface area contributed by atoms with Crippen LogP contribution in [-0.4, -0.2) is 43.8 Å². The Balaban J connectivity index is 1.79. The van der Waals surface area contributed by atoms with Crippen LogP contribution in [0.1, 0.15) is 18.4 Å². The number of phenols is 1. The largest absolute Gasteiger partial charge is 0.504 e. The molecule has 0 radical (unpaired) electrons. The number of methoxy groups -OCH3 is 1. The Morgan fingerprint density at radius 2 is 2.11 bits per heavy atom. The van der Waals surface area contributed by atoms with Crippen LogP contribution >= 0.6 is 0 Å². The van der Waals surface area contributed by atoms with Crippen LogP contribution in [0.5, 0.6) is 11.5 Å². The number of para-hydroxylation sites is 1. The Bertz CT molecular complexity index is 401. The Morgan fingerprint density at radius 3 is 2.79 bits per heavy atom. The molecule has 4 heteroatoms. The summed E-state index contributed by atoms with van der Waals surface area (Å²) >= 11 is 0. The molecule has 106 valence electrons. The van der Waals surface area contributed by atoms with Gasteiger partial charge in [0.2, 0.25) is 0 Å². The van der Waals surface area contributed by atoms with Crippen molar-refractivity contribution < 1.29 is 9.84 Å². The van der Waals surface area contributed by atoms with E-state index < -0.39 is 0 Å². The summed E-state index contributed by atoms with van der Waals surface area (Å²) in [6, 6.07) is 5.61. The molecule has 1 heterocycles. The third-order valence-corrected chi connectivity index (χ3v) is 3.89. The highest BCUT2D eigenvalue weighted by Crippen LogP contribution is 2.29. The molecule has 19 heavy (non-hydrogen) atoms. The van der Waals surface area contributed by atoms with Gasteiger partial charge in [0.05, 0.1) is 7.11 Å². The van der Waals surface area contributed by atoms with Gasteiger partial charge in [-0.25, -0.2) is 0 Å². The highest BCUT2D eigenvalue weighted by Gasteiger charge is 2.16. The summed E-state index contributed by atoms with van der Waals surface area (Å²) in [7, 11) is 3.75. The van der Waals surface area contributed by atoms with Crippen molar-refractivity contribution in [3.05, 3.63) is 23.8 Å². The summed E-state index contributed by atoms with van der Waals surface area (Å²) in [6.07, 6.45) is 2.52. The lowest BCUT2D eigenvalue weighted by Crippen LogP contribution is -2.34. The van der Waals surface area contributed by atoms with Gasteiger partial charge in [-0.3, -0.25) is 0 Å². The Hall–Kier alpha value is -1.26. The molecule has 0 atom stereocenters. The van der Waals surface area contributed by atoms with Crippen LogP contribution in [0.4, 0.5) is 0 Å². The number of nitrogens with one attached hydrogen (secondary N) is 1. The van der Waals surface area contributed by atoms with E-state index in [1.807, 2.05) is 12.1 Å². The molecule has 0 saturated carbocycles. The number of ether oxygens (including phenoxy) is 1. The number of nitrogens with zero attached hydrogens (tertiary/aromatic N) is 1. The lowest BCUT2D eigenvalue weighted by Gasteiger charge is -2.29. The average Bonchev–Trinajstić information content (AvgIpc) is 2.43. The van der Waals surface area contributed by atoms with Crippen molar-refractivity contribution in [1.29, 1.82) is 0 Å². The normalized spacial score (nSPS) is 17.6. The third kappa shape index (κ3) is 3.85. The first-order chi connectivity index (χ1) is 9.20. The molecule has 0 aromatic heterocycles. The number of likely N-dealkylation sites (tertiary alicyclic amines) is 1. The van der Waals surface area contributed by atoms with E-state index in [1.54, 1.807) is 13.2 Å². The van der Waals surface area contributed by atoms with E-state index in [2.05, 4.69) is 17.3 Å². The molecule has 0 unspecified atom stereocenters. The summed E-state index contributed by atoms with van der Waals surface area (Å²) < 4.78 is 5.11. The molecule has 0 bridgehead atoms. The number of aromatic hydroxyl groups is 1. The first-order valence-electron chi connectivity index (χ1n) is 6.95. The van der Waals surface area contributed by atoms with Crippen LogP contribution in [0.25, 0.3) is 0 Å². The van der Waals surface area contributed by atoms with Gasteiger partial charge in [0.1, 0.15) is 0 Å². The van der Waals surface area contributed by atoms with E-state index in [9.17, 15) is 5.11 Å². The van der Waals surface area contributed by atoms with Gasteiger partial charge in [-0.15, -0.1) is 0 Å². The van der Waals surface area contributed by atoms with E-state index in [0.717, 1.165) is 18.0 Å². The lowest BCUT2D eigenvalue weighted by atomic mass is 9.97. The smallest absolute Gasteiger partial charge is 0.162 e. The second kappa shape index (κ2) is 6.78. The molecular weight excluding hydrogens is 240 g/mol. The maximum Gasteiger partial charge on any atom is 0.162 e. The molecule has 1 aliphatic heterocycles. The Kier molecular flexibility index (Phi) is 5.05. The monoisotopic (exact) mass is 264 g/mol. The predicted molar refractivity (Wildman–Crippen MR) is 76.6 cm³/mol. The number of benzene rings is 1. The zero-order valence-corrected chi connectivity index (χ0v) is 11.9. The quantitative estimate of drug-likeness (QED) is 0.851. The van der Waals surface area contributed by atoms with Crippen LogP contribution in [0, 0.1) is 5.92 Å². The molecule has 1 saturated heterocycles. The first kappa shape index (κ1) is 14.2. The average molecular weight is 264 g/mol.